The molecule has 0 bridgehead atoms. The van der Waals surface area contributed by atoms with E-state index in [1.54, 1.807) is 46.8 Å². The van der Waals surface area contributed by atoms with Gasteiger partial charge in [0.2, 0.25) is 5.91 Å². The number of esters is 2. The number of carbonyl (C=O) groups excluding carboxylic acids is 4. The van der Waals surface area contributed by atoms with Crippen LogP contribution in [0, 0.1) is 11.8 Å². The van der Waals surface area contributed by atoms with Crippen LogP contribution < -0.4 is 0 Å². The maximum Gasteiger partial charge on any atom is 0.508 e. The summed E-state index contributed by atoms with van der Waals surface area (Å²) in [6.45, 7) is 8.11. The molecule has 3 rings (SSSR count). The Hall–Kier alpha value is -3.88. The summed E-state index contributed by atoms with van der Waals surface area (Å²) in [6, 6.07) is 17.6. The van der Waals surface area contributed by atoms with E-state index in [2.05, 4.69) is 0 Å². The Bertz CT molecular complexity index is 1110. The maximum atomic E-state index is 13.1. The van der Waals surface area contributed by atoms with E-state index in [4.69, 9.17) is 18.9 Å². The summed E-state index contributed by atoms with van der Waals surface area (Å²) >= 11 is 0. The predicted molar refractivity (Wildman–Crippen MR) is 137 cm³/mol. The Balaban J connectivity index is 1.68. The first kappa shape index (κ1) is 28.7. The predicted octanol–water partition coefficient (Wildman–Crippen LogP) is 4.28. The monoisotopic (exact) mass is 525 g/mol. The molecule has 1 fully saturated rings. The third kappa shape index (κ3) is 7.81. The third-order valence-corrected chi connectivity index (χ3v) is 6.11. The second kappa shape index (κ2) is 12.6. The Morgan fingerprint density at radius 3 is 1.92 bits per heavy atom. The SMILES string of the molecule is C[C@@H](OC(=O)OCc1ccccc1)[C@H]1C(=O)N(CC(=O)OC(C)(C)C)[C@@H]1[C@@H](C)C(=O)OCc1ccccc1. The molecule has 1 heterocycles. The number of amides is 1. The van der Waals surface area contributed by atoms with Crippen molar-refractivity contribution in [1.82, 2.24) is 4.90 Å². The van der Waals surface area contributed by atoms with E-state index in [-0.39, 0.29) is 19.8 Å². The van der Waals surface area contributed by atoms with Crippen molar-refractivity contribution in [1.29, 1.82) is 0 Å². The van der Waals surface area contributed by atoms with E-state index < -0.39 is 53.6 Å². The van der Waals surface area contributed by atoms with Crippen molar-refractivity contribution in [3.8, 4) is 0 Å². The van der Waals surface area contributed by atoms with Crippen LogP contribution in [0.25, 0.3) is 0 Å². The number of likely N-dealkylation sites (tertiary alicyclic amines) is 1. The van der Waals surface area contributed by atoms with Gasteiger partial charge in [0.25, 0.3) is 0 Å². The van der Waals surface area contributed by atoms with E-state index in [9.17, 15) is 19.2 Å². The largest absolute Gasteiger partial charge is 0.508 e. The molecule has 1 amide bonds. The zero-order chi connectivity index (χ0) is 27.9. The summed E-state index contributed by atoms with van der Waals surface area (Å²) < 4.78 is 21.4. The van der Waals surface area contributed by atoms with Crippen molar-refractivity contribution in [2.45, 2.75) is 65.6 Å². The van der Waals surface area contributed by atoms with Crippen molar-refractivity contribution in [3.63, 3.8) is 0 Å². The number of ether oxygens (including phenoxy) is 4. The lowest BCUT2D eigenvalue weighted by atomic mass is 9.76. The molecular formula is C29H35NO8. The Labute approximate surface area is 223 Å². The van der Waals surface area contributed by atoms with Gasteiger partial charge in [0.05, 0.1) is 17.9 Å². The molecule has 9 nitrogen and oxygen atoms in total. The highest BCUT2D eigenvalue weighted by molar-refractivity contribution is 5.92. The molecule has 0 unspecified atom stereocenters. The number of hydrogen-bond acceptors (Lipinski definition) is 8. The van der Waals surface area contributed by atoms with Gasteiger partial charge >= 0.3 is 18.1 Å². The number of β-lactam (4-membered cyclic amide) rings is 1. The molecule has 1 saturated heterocycles. The zero-order valence-corrected chi connectivity index (χ0v) is 22.4. The van der Waals surface area contributed by atoms with Gasteiger partial charge in [0.15, 0.2) is 0 Å². The maximum absolute atomic E-state index is 13.1. The molecule has 2 aromatic carbocycles. The molecule has 0 radical (unpaired) electrons. The van der Waals surface area contributed by atoms with Gasteiger partial charge in [0.1, 0.15) is 31.5 Å². The van der Waals surface area contributed by atoms with E-state index in [0.717, 1.165) is 11.1 Å². The van der Waals surface area contributed by atoms with Crippen LogP contribution in [0.3, 0.4) is 0 Å². The van der Waals surface area contributed by atoms with Gasteiger partial charge in [-0.1, -0.05) is 60.7 Å². The van der Waals surface area contributed by atoms with Gasteiger partial charge in [-0.2, -0.15) is 0 Å². The number of nitrogens with zero attached hydrogens (tertiary/aromatic N) is 1. The second-order valence-electron chi connectivity index (χ2n) is 10.3. The first-order chi connectivity index (χ1) is 18.0. The van der Waals surface area contributed by atoms with Crippen molar-refractivity contribution in [2.24, 2.45) is 11.8 Å². The van der Waals surface area contributed by atoms with Gasteiger partial charge in [-0.05, 0) is 45.7 Å². The van der Waals surface area contributed by atoms with Gasteiger partial charge in [0, 0.05) is 0 Å². The lowest BCUT2D eigenvalue weighted by molar-refractivity contribution is -0.183. The van der Waals surface area contributed by atoms with E-state index in [1.165, 1.54) is 4.90 Å². The van der Waals surface area contributed by atoms with Crippen LogP contribution >= 0.6 is 0 Å². The van der Waals surface area contributed by atoms with E-state index >= 15 is 0 Å². The average molecular weight is 526 g/mol. The molecule has 0 aliphatic carbocycles. The number of hydrogen-bond donors (Lipinski definition) is 0. The molecule has 9 heteroatoms. The van der Waals surface area contributed by atoms with Crippen LogP contribution in [0.4, 0.5) is 4.79 Å². The third-order valence-electron chi connectivity index (χ3n) is 6.11. The molecule has 0 spiro atoms. The molecule has 2 aromatic rings. The van der Waals surface area contributed by atoms with Crippen LogP contribution in [0.5, 0.6) is 0 Å². The van der Waals surface area contributed by atoms with Crippen molar-refractivity contribution in [3.05, 3.63) is 71.8 Å². The van der Waals surface area contributed by atoms with Crippen LogP contribution in [0.2, 0.25) is 0 Å². The Kier molecular flexibility index (Phi) is 9.50. The van der Waals surface area contributed by atoms with Crippen LogP contribution in [0.1, 0.15) is 45.7 Å². The summed E-state index contributed by atoms with van der Waals surface area (Å²) in [5.41, 5.74) is 0.866. The number of benzene rings is 2. The summed E-state index contributed by atoms with van der Waals surface area (Å²) in [4.78, 5) is 52.2. The molecule has 0 aromatic heterocycles. The molecular weight excluding hydrogens is 490 g/mol. The van der Waals surface area contributed by atoms with Gasteiger partial charge in [-0.15, -0.1) is 0 Å². The van der Waals surface area contributed by atoms with Crippen LogP contribution in [0.15, 0.2) is 60.7 Å². The van der Waals surface area contributed by atoms with E-state index in [0.29, 0.717) is 0 Å². The van der Waals surface area contributed by atoms with Crippen LogP contribution in [-0.2, 0) is 46.5 Å². The highest BCUT2D eigenvalue weighted by Crippen LogP contribution is 2.37. The van der Waals surface area contributed by atoms with E-state index in [1.807, 2.05) is 48.5 Å². The fourth-order valence-corrected chi connectivity index (χ4v) is 4.33. The molecule has 4 atom stereocenters. The molecule has 0 N–H and O–H groups in total. The summed E-state index contributed by atoms with van der Waals surface area (Å²) in [5.74, 6) is -3.22. The Morgan fingerprint density at radius 2 is 1.39 bits per heavy atom. The highest BCUT2D eigenvalue weighted by Gasteiger charge is 2.56. The average Bonchev–Trinajstić information content (AvgIpc) is 2.87. The topological polar surface area (TPSA) is 108 Å². The molecule has 38 heavy (non-hydrogen) atoms. The normalized spacial score (nSPS) is 18.6. The lowest BCUT2D eigenvalue weighted by Gasteiger charge is -2.50. The van der Waals surface area contributed by atoms with Gasteiger partial charge < -0.3 is 23.8 Å². The first-order valence-electron chi connectivity index (χ1n) is 12.6. The lowest BCUT2D eigenvalue weighted by Crippen LogP contribution is -2.68. The summed E-state index contributed by atoms with van der Waals surface area (Å²) in [5, 5.41) is 0. The molecule has 204 valence electrons. The molecule has 1 aliphatic rings. The second-order valence-corrected chi connectivity index (χ2v) is 10.3. The highest BCUT2D eigenvalue weighted by atomic mass is 16.7. The Morgan fingerprint density at radius 1 is 0.868 bits per heavy atom. The molecule has 1 aliphatic heterocycles. The minimum Gasteiger partial charge on any atom is -0.461 e. The molecule has 0 saturated carbocycles. The summed E-state index contributed by atoms with van der Waals surface area (Å²) in [6.07, 6.45) is -1.84. The van der Waals surface area contributed by atoms with Crippen molar-refractivity contribution >= 4 is 24.0 Å². The number of carbonyl (C=O) groups is 4. The minimum absolute atomic E-state index is 0.0153. The first-order valence-corrected chi connectivity index (χ1v) is 12.6. The number of rotatable bonds is 10. The van der Waals surface area contributed by atoms with Gasteiger partial charge in [-0.3, -0.25) is 14.4 Å². The standard InChI is InChI=1S/C29H35NO8/c1-19(27(33)35-17-21-12-8-6-9-13-21)25-24(26(32)30(25)16-23(31)38-29(3,4)5)20(2)37-28(34)36-18-22-14-10-7-11-15-22/h6-15,19-20,24-25H,16-18H2,1-5H3/t19-,20-,24-,25-/m1/s1. The quantitative estimate of drug-likeness (QED) is 0.257. The fraction of sp³-hybridized carbons (Fsp3) is 0.448. The van der Waals surface area contributed by atoms with Crippen molar-refractivity contribution in [2.75, 3.05) is 6.54 Å². The fourth-order valence-electron chi connectivity index (χ4n) is 4.33. The zero-order valence-electron chi connectivity index (χ0n) is 22.4. The van der Waals surface area contributed by atoms with Crippen LogP contribution in [-0.4, -0.2) is 53.2 Å². The smallest absolute Gasteiger partial charge is 0.461 e. The summed E-state index contributed by atoms with van der Waals surface area (Å²) in [7, 11) is 0. The van der Waals surface area contributed by atoms with Crippen molar-refractivity contribution < 1.29 is 38.1 Å². The minimum atomic E-state index is -0.933. The van der Waals surface area contributed by atoms with Gasteiger partial charge in [-0.25, -0.2) is 4.79 Å².